The van der Waals surface area contributed by atoms with E-state index in [0.29, 0.717) is 0 Å². The van der Waals surface area contributed by atoms with Crippen molar-refractivity contribution in [2.75, 3.05) is 11.1 Å². The number of benzene rings is 1. The molecule has 1 amide bonds. The number of carboxylic acid groups (broad SMARTS) is 1. The van der Waals surface area contributed by atoms with E-state index in [2.05, 4.69) is 17.9 Å². The molecule has 1 aromatic carbocycles. The number of carboxylic acids is 1. The van der Waals surface area contributed by atoms with Gasteiger partial charge in [0.05, 0.1) is 17.3 Å². The molecule has 5 nitrogen and oxygen atoms in total. The molecule has 1 rings (SSSR count). The van der Waals surface area contributed by atoms with Gasteiger partial charge in [-0.25, -0.2) is 4.79 Å². The van der Waals surface area contributed by atoms with E-state index in [4.69, 9.17) is 10.8 Å². The first-order chi connectivity index (χ1) is 7.56. The summed E-state index contributed by atoms with van der Waals surface area (Å²) in [7, 11) is 0. The first-order valence-corrected chi connectivity index (χ1v) is 5.19. The van der Waals surface area contributed by atoms with Crippen LogP contribution in [0.4, 0.5) is 5.69 Å². The van der Waals surface area contributed by atoms with Crippen molar-refractivity contribution in [2.24, 2.45) is 5.73 Å². The van der Waals surface area contributed by atoms with Crippen LogP contribution < -0.4 is 11.1 Å². The number of hydrogen-bond donors (Lipinski definition) is 4. The number of nitrogens with two attached hydrogens (primary N) is 1. The molecule has 4 N–H and O–H groups in total. The lowest BCUT2D eigenvalue weighted by atomic mass is 10.1. The minimum Gasteiger partial charge on any atom is -0.478 e. The molecule has 86 valence electrons. The van der Waals surface area contributed by atoms with Crippen LogP contribution in [0.15, 0.2) is 24.3 Å². The number of nitrogens with one attached hydrogen (secondary N) is 1. The van der Waals surface area contributed by atoms with Crippen LogP contribution in [0.2, 0.25) is 0 Å². The Morgan fingerprint density at radius 3 is 2.62 bits per heavy atom. The van der Waals surface area contributed by atoms with Crippen molar-refractivity contribution in [3.05, 3.63) is 29.8 Å². The van der Waals surface area contributed by atoms with Crippen molar-refractivity contribution in [1.82, 2.24) is 0 Å². The van der Waals surface area contributed by atoms with Crippen LogP contribution in [0.1, 0.15) is 10.4 Å². The Labute approximate surface area is 98.1 Å². The predicted molar refractivity (Wildman–Crippen MR) is 63.9 cm³/mol. The van der Waals surface area contributed by atoms with Gasteiger partial charge in [-0.3, -0.25) is 4.79 Å². The van der Waals surface area contributed by atoms with E-state index in [9.17, 15) is 9.59 Å². The second-order valence-electron chi connectivity index (χ2n) is 3.13. The van der Waals surface area contributed by atoms with Gasteiger partial charge >= 0.3 is 5.97 Å². The molecule has 1 aromatic rings. The van der Waals surface area contributed by atoms with Gasteiger partial charge in [0.25, 0.3) is 0 Å². The van der Waals surface area contributed by atoms with E-state index < -0.39 is 17.9 Å². The second kappa shape index (κ2) is 5.53. The molecular formula is C10H12N2O3S. The normalized spacial score (nSPS) is 11.9. The van der Waals surface area contributed by atoms with Crippen molar-refractivity contribution < 1.29 is 14.7 Å². The van der Waals surface area contributed by atoms with Crippen LogP contribution >= 0.6 is 12.6 Å². The molecule has 0 aliphatic rings. The van der Waals surface area contributed by atoms with Crippen LogP contribution in [-0.2, 0) is 4.79 Å². The highest BCUT2D eigenvalue weighted by Gasteiger charge is 2.15. The second-order valence-corrected chi connectivity index (χ2v) is 3.49. The lowest BCUT2D eigenvalue weighted by molar-refractivity contribution is -0.116. The molecule has 0 saturated carbocycles. The quantitative estimate of drug-likeness (QED) is 0.579. The highest BCUT2D eigenvalue weighted by molar-refractivity contribution is 7.80. The Morgan fingerprint density at radius 1 is 1.44 bits per heavy atom. The minimum atomic E-state index is -1.10. The lowest BCUT2D eigenvalue weighted by Gasteiger charge is -2.11. The van der Waals surface area contributed by atoms with E-state index >= 15 is 0 Å². The number of anilines is 1. The van der Waals surface area contributed by atoms with Crippen molar-refractivity contribution in [3.63, 3.8) is 0 Å². The summed E-state index contributed by atoms with van der Waals surface area (Å²) in [5, 5.41) is 11.3. The lowest BCUT2D eigenvalue weighted by Crippen LogP contribution is -2.37. The zero-order valence-corrected chi connectivity index (χ0v) is 9.28. The van der Waals surface area contributed by atoms with Gasteiger partial charge in [0.15, 0.2) is 0 Å². The summed E-state index contributed by atoms with van der Waals surface area (Å²) in [6, 6.07) is 5.37. The maximum Gasteiger partial charge on any atom is 0.337 e. The molecule has 0 aliphatic carbocycles. The van der Waals surface area contributed by atoms with E-state index in [0.717, 1.165) is 0 Å². The molecule has 1 atom stereocenters. The summed E-state index contributed by atoms with van der Waals surface area (Å²) in [5.74, 6) is -1.36. The maximum absolute atomic E-state index is 11.4. The Balaban J connectivity index is 2.89. The number of carbonyl (C=O) groups is 2. The Bertz CT molecular complexity index is 409. The van der Waals surface area contributed by atoms with Crippen LogP contribution in [-0.4, -0.2) is 28.8 Å². The summed E-state index contributed by atoms with van der Waals surface area (Å²) >= 11 is 3.89. The molecule has 0 unspecified atom stereocenters. The van der Waals surface area contributed by atoms with Crippen LogP contribution in [0.5, 0.6) is 0 Å². The third-order valence-electron chi connectivity index (χ3n) is 1.95. The fourth-order valence-corrected chi connectivity index (χ4v) is 1.25. The largest absolute Gasteiger partial charge is 0.478 e. The van der Waals surface area contributed by atoms with Crippen molar-refractivity contribution in [3.8, 4) is 0 Å². The zero-order valence-electron chi connectivity index (χ0n) is 8.38. The molecule has 0 saturated heterocycles. The van der Waals surface area contributed by atoms with Crippen molar-refractivity contribution in [1.29, 1.82) is 0 Å². The number of aromatic carboxylic acids is 1. The number of thiol groups is 1. The summed E-state index contributed by atoms with van der Waals surface area (Å²) in [4.78, 5) is 22.3. The first-order valence-electron chi connectivity index (χ1n) is 4.56. The van der Waals surface area contributed by atoms with Crippen LogP contribution in [0.3, 0.4) is 0 Å². The smallest absolute Gasteiger partial charge is 0.337 e. The molecule has 0 heterocycles. The molecule has 0 spiro atoms. The van der Waals surface area contributed by atoms with Crippen molar-refractivity contribution in [2.45, 2.75) is 6.04 Å². The molecule has 0 aromatic heterocycles. The summed E-state index contributed by atoms with van der Waals surface area (Å²) in [6.45, 7) is 0. The van der Waals surface area contributed by atoms with E-state index in [1.54, 1.807) is 12.1 Å². The average molecular weight is 240 g/mol. The van der Waals surface area contributed by atoms with Gasteiger partial charge in [0.1, 0.15) is 0 Å². The number of amides is 1. The number of para-hydroxylation sites is 1. The summed E-state index contributed by atoms with van der Waals surface area (Å²) < 4.78 is 0. The molecule has 6 heteroatoms. The Kier molecular flexibility index (Phi) is 4.33. The van der Waals surface area contributed by atoms with Gasteiger partial charge in [-0.15, -0.1) is 0 Å². The van der Waals surface area contributed by atoms with E-state index in [1.165, 1.54) is 12.1 Å². The predicted octanol–water partition coefficient (Wildman–Crippen LogP) is 0.580. The molecule has 0 radical (unpaired) electrons. The Hall–Kier alpha value is -1.53. The molecule has 0 fully saturated rings. The van der Waals surface area contributed by atoms with Crippen molar-refractivity contribution >= 4 is 30.2 Å². The summed E-state index contributed by atoms with van der Waals surface area (Å²) in [6.07, 6.45) is 0. The minimum absolute atomic E-state index is 0.0298. The third-order valence-corrected chi connectivity index (χ3v) is 2.34. The molecule has 16 heavy (non-hydrogen) atoms. The average Bonchev–Trinajstić information content (AvgIpc) is 2.28. The molecule has 0 bridgehead atoms. The number of hydrogen-bond acceptors (Lipinski definition) is 4. The van der Waals surface area contributed by atoms with Gasteiger partial charge in [-0.05, 0) is 12.1 Å². The van der Waals surface area contributed by atoms with Gasteiger partial charge in [-0.1, -0.05) is 12.1 Å². The highest BCUT2D eigenvalue weighted by Crippen LogP contribution is 2.14. The van der Waals surface area contributed by atoms with Gasteiger partial charge in [-0.2, -0.15) is 12.6 Å². The fraction of sp³-hybridized carbons (Fsp3) is 0.200. The summed E-state index contributed by atoms with van der Waals surface area (Å²) in [5.41, 5.74) is 5.72. The Morgan fingerprint density at radius 2 is 2.06 bits per heavy atom. The first kappa shape index (κ1) is 12.5. The zero-order chi connectivity index (χ0) is 12.1. The van der Waals surface area contributed by atoms with E-state index in [1.807, 2.05) is 0 Å². The van der Waals surface area contributed by atoms with Crippen LogP contribution in [0, 0.1) is 0 Å². The van der Waals surface area contributed by atoms with E-state index in [-0.39, 0.29) is 17.0 Å². The molecule has 0 aliphatic heterocycles. The SMILES string of the molecule is N[C@@H](CS)C(=O)Nc1ccccc1C(=O)O. The highest BCUT2D eigenvalue weighted by atomic mass is 32.1. The third kappa shape index (κ3) is 2.98. The number of rotatable bonds is 4. The maximum atomic E-state index is 11.4. The molecular weight excluding hydrogens is 228 g/mol. The van der Waals surface area contributed by atoms with Gasteiger partial charge in [0.2, 0.25) is 5.91 Å². The standard InChI is InChI=1S/C10H12N2O3S/c11-7(5-16)9(13)12-8-4-2-1-3-6(8)10(14)15/h1-4,7,16H,5,11H2,(H,12,13)(H,14,15)/t7-/m0/s1. The van der Waals surface area contributed by atoms with Gasteiger partial charge in [0, 0.05) is 5.75 Å². The van der Waals surface area contributed by atoms with Gasteiger partial charge < -0.3 is 16.2 Å². The monoisotopic (exact) mass is 240 g/mol. The van der Waals surface area contributed by atoms with Crippen LogP contribution in [0.25, 0.3) is 0 Å². The topological polar surface area (TPSA) is 92.4 Å². The number of carbonyl (C=O) groups excluding carboxylic acids is 1. The fourth-order valence-electron chi connectivity index (χ4n) is 1.09.